The van der Waals surface area contributed by atoms with Crippen LogP contribution in [0.5, 0.6) is 0 Å². The van der Waals surface area contributed by atoms with Crippen molar-refractivity contribution in [2.75, 3.05) is 0 Å². The lowest BCUT2D eigenvalue weighted by molar-refractivity contribution is -0.211. The molecule has 5 nitrogen and oxygen atoms in total. The van der Waals surface area contributed by atoms with E-state index in [2.05, 4.69) is 0 Å². The van der Waals surface area contributed by atoms with E-state index in [4.69, 9.17) is 0 Å². The molecule has 0 spiro atoms. The minimum Gasteiger partial charge on any atom is -0.258 e. The van der Waals surface area contributed by atoms with Gasteiger partial charge in [0, 0.05) is 0 Å². The first-order chi connectivity index (χ1) is 10.1. The van der Waals surface area contributed by atoms with Gasteiger partial charge in [0.1, 0.15) is 0 Å². The Morgan fingerprint density at radius 1 is 0.652 bits per heavy atom. The summed E-state index contributed by atoms with van der Waals surface area (Å²) in [6.07, 6.45) is -5.21. The molecule has 23 heavy (non-hydrogen) atoms. The maximum Gasteiger partial charge on any atom is 0.353 e. The van der Waals surface area contributed by atoms with Crippen LogP contribution in [0.15, 0.2) is 0 Å². The van der Waals surface area contributed by atoms with Crippen LogP contribution in [-0.2, 0) is 24.0 Å². The van der Waals surface area contributed by atoms with E-state index in [0.717, 1.165) is 0 Å². The fourth-order valence-electron chi connectivity index (χ4n) is 1.44. The van der Waals surface area contributed by atoms with Crippen molar-refractivity contribution in [3.8, 4) is 0 Å². The van der Waals surface area contributed by atoms with Gasteiger partial charge in [-0.2, -0.15) is 22.0 Å². The molecule has 0 N–H and O–H groups in total. The Bertz CT molecular complexity index is 578. The van der Waals surface area contributed by atoms with Gasteiger partial charge in [0.25, 0.3) is 5.67 Å². The van der Waals surface area contributed by atoms with Crippen molar-refractivity contribution in [3.63, 3.8) is 0 Å². The minimum atomic E-state index is -6.87. The average Bonchev–Trinajstić information content (AvgIpc) is 2.42. The lowest BCUT2D eigenvalue weighted by atomic mass is 9.72. The summed E-state index contributed by atoms with van der Waals surface area (Å²) in [5, 5.41) is 0. The summed E-state index contributed by atoms with van der Waals surface area (Å²) in [6.45, 7) is 0. The monoisotopic (exact) mass is 360 g/mol. The average molecular weight is 360 g/mol. The zero-order chi connectivity index (χ0) is 19.0. The second-order valence-corrected chi connectivity index (χ2v) is 3.79. The van der Waals surface area contributed by atoms with Crippen molar-refractivity contribution < 1.29 is 63.5 Å². The predicted molar refractivity (Wildman–Crippen MR) is 47.0 cm³/mol. The van der Waals surface area contributed by atoms with Gasteiger partial charge in [-0.3, -0.25) is 24.0 Å². The number of alkyl halides is 4. The van der Waals surface area contributed by atoms with Gasteiger partial charge in [0.2, 0.25) is 6.17 Å². The van der Waals surface area contributed by atoms with E-state index in [9.17, 15) is 63.5 Å². The topological polar surface area (TPSA) is 85.3 Å². The van der Waals surface area contributed by atoms with E-state index >= 15 is 0 Å². The molecule has 130 valence electrons. The molecule has 0 aliphatic carbocycles. The van der Waals surface area contributed by atoms with Crippen molar-refractivity contribution in [3.05, 3.63) is 0 Å². The highest BCUT2D eigenvalue weighted by molar-refractivity contribution is 6.13. The highest BCUT2D eigenvalue weighted by Gasteiger charge is 2.85. The Kier molecular flexibility index (Phi) is 5.48. The molecular weight excluding hydrogens is 359 g/mol. The van der Waals surface area contributed by atoms with Crippen LogP contribution in [-0.4, -0.2) is 53.4 Å². The lowest BCUT2D eigenvalue weighted by Gasteiger charge is -2.37. The molecule has 0 aliphatic rings. The van der Waals surface area contributed by atoms with Gasteiger partial charge in [-0.15, -0.1) is 0 Å². The van der Waals surface area contributed by atoms with Crippen LogP contribution in [0, 0.1) is 0 Å². The summed E-state index contributed by atoms with van der Waals surface area (Å²) in [4.78, 5) is 50.8. The van der Waals surface area contributed by atoms with Gasteiger partial charge in [0.15, 0.2) is 0 Å². The summed E-state index contributed by atoms with van der Waals surface area (Å²) in [5.74, 6) is 0. The molecule has 0 aromatic rings. The molecule has 0 aromatic heterocycles. The van der Waals surface area contributed by atoms with E-state index < -0.39 is 53.4 Å². The number of carbonyl (C=O) groups is 5. The molecule has 14 heteroatoms. The molecule has 0 rings (SSSR count). The highest BCUT2D eigenvalue weighted by Crippen LogP contribution is 2.48. The number of hydrogen-bond donors (Lipinski definition) is 0. The normalized spacial score (nSPS) is 18.3. The third kappa shape index (κ3) is 2.50. The second kappa shape index (κ2) is 6.08. The molecule has 0 fully saturated rings. The first kappa shape index (κ1) is 20.7. The number of halogens is 9. The SMILES string of the molecule is O=C(F)C(F)C(F)(C(=O)F)C(F)(C(=O)F)C(F)(C(=O)F)C(=O)F. The van der Waals surface area contributed by atoms with Gasteiger partial charge < -0.3 is 0 Å². The van der Waals surface area contributed by atoms with E-state index in [1.807, 2.05) is 0 Å². The van der Waals surface area contributed by atoms with Crippen molar-refractivity contribution >= 4 is 30.2 Å². The van der Waals surface area contributed by atoms with Crippen LogP contribution in [0.4, 0.5) is 39.5 Å². The maximum atomic E-state index is 14.0. The quantitative estimate of drug-likeness (QED) is 0.365. The highest BCUT2D eigenvalue weighted by atomic mass is 19.2. The van der Waals surface area contributed by atoms with Crippen LogP contribution >= 0.6 is 0 Å². The van der Waals surface area contributed by atoms with E-state index in [0.29, 0.717) is 0 Å². The Labute approximate surface area is 118 Å². The van der Waals surface area contributed by atoms with Gasteiger partial charge in [0.05, 0.1) is 0 Å². The largest absolute Gasteiger partial charge is 0.353 e. The van der Waals surface area contributed by atoms with Crippen LogP contribution in [0.2, 0.25) is 0 Å². The Hall–Kier alpha value is -2.28. The van der Waals surface area contributed by atoms with Crippen molar-refractivity contribution in [2.24, 2.45) is 0 Å². The first-order valence-corrected chi connectivity index (χ1v) is 4.83. The summed E-state index contributed by atoms with van der Waals surface area (Å²) >= 11 is 0. The maximum absolute atomic E-state index is 14.0. The Balaban J connectivity index is 7.05. The lowest BCUT2D eigenvalue weighted by Crippen LogP contribution is -2.74. The predicted octanol–water partition coefficient (Wildman–Crippen LogP) is 0.930. The molecule has 0 aromatic carbocycles. The molecule has 0 radical (unpaired) electrons. The molecule has 0 amide bonds. The van der Waals surface area contributed by atoms with Crippen molar-refractivity contribution in [1.29, 1.82) is 0 Å². The molecule has 0 heterocycles. The van der Waals surface area contributed by atoms with Crippen LogP contribution in [0.1, 0.15) is 0 Å². The van der Waals surface area contributed by atoms with E-state index in [-0.39, 0.29) is 0 Å². The molecular formula is C9HF9O5. The Morgan fingerprint density at radius 3 is 1.17 bits per heavy atom. The second-order valence-electron chi connectivity index (χ2n) is 3.79. The molecule has 3 atom stereocenters. The zero-order valence-electron chi connectivity index (χ0n) is 10.0. The molecule has 0 saturated heterocycles. The van der Waals surface area contributed by atoms with Crippen LogP contribution in [0.3, 0.4) is 0 Å². The van der Waals surface area contributed by atoms with E-state index in [1.165, 1.54) is 0 Å². The molecule has 0 aliphatic heterocycles. The number of carbonyl (C=O) groups excluding carboxylic acids is 5. The fraction of sp³-hybridized carbons (Fsp3) is 0.444. The minimum absolute atomic E-state index is 3.87. The summed E-state index contributed by atoms with van der Waals surface area (Å²) < 4.78 is 116. The van der Waals surface area contributed by atoms with Gasteiger partial charge in [-0.05, 0) is 0 Å². The number of rotatable bonds is 8. The van der Waals surface area contributed by atoms with E-state index in [1.54, 1.807) is 0 Å². The fourth-order valence-corrected chi connectivity index (χ4v) is 1.44. The summed E-state index contributed by atoms with van der Waals surface area (Å²) in [7, 11) is 0. The van der Waals surface area contributed by atoms with Gasteiger partial charge >= 0.3 is 41.5 Å². The van der Waals surface area contributed by atoms with Gasteiger partial charge in [-0.1, -0.05) is 0 Å². The van der Waals surface area contributed by atoms with Gasteiger partial charge in [-0.25, -0.2) is 17.6 Å². The molecule has 3 unspecified atom stereocenters. The summed E-state index contributed by atoms with van der Waals surface area (Å²) in [6, 6.07) is -21.4. The molecule has 0 saturated carbocycles. The van der Waals surface area contributed by atoms with Crippen molar-refractivity contribution in [1.82, 2.24) is 0 Å². The number of hydrogen-bond acceptors (Lipinski definition) is 5. The van der Waals surface area contributed by atoms with Crippen LogP contribution < -0.4 is 0 Å². The third-order valence-electron chi connectivity index (χ3n) is 2.62. The molecule has 0 bridgehead atoms. The van der Waals surface area contributed by atoms with Crippen molar-refractivity contribution in [2.45, 2.75) is 23.2 Å². The zero-order valence-corrected chi connectivity index (χ0v) is 10.0. The third-order valence-corrected chi connectivity index (χ3v) is 2.62. The Morgan fingerprint density at radius 2 is 1.00 bits per heavy atom. The summed E-state index contributed by atoms with van der Waals surface area (Å²) in [5.41, 5.74) is -20.0. The standard InChI is InChI=1S/C9HF9O5/c10-1(2(11)19)7(16,3(12)20)9(18,6(15)23)8(17,4(13)21)5(14)22/h1H. The van der Waals surface area contributed by atoms with Crippen LogP contribution in [0.25, 0.3) is 0 Å². The first-order valence-electron chi connectivity index (χ1n) is 4.83. The smallest absolute Gasteiger partial charge is 0.258 e.